The Bertz CT molecular complexity index is 890. The van der Waals surface area contributed by atoms with Crippen LogP contribution in [0.25, 0.3) is 0 Å². The Kier molecular flexibility index (Phi) is 8.39. The van der Waals surface area contributed by atoms with Crippen molar-refractivity contribution in [3.63, 3.8) is 0 Å². The van der Waals surface area contributed by atoms with Crippen molar-refractivity contribution in [3.8, 4) is 5.75 Å². The van der Waals surface area contributed by atoms with Crippen LogP contribution < -0.4 is 15.8 Å². The number of nitrogens with one attached hydrogen (secondary N) is 1. The van der Waals surface area contributed by atoms with Gasteiger partial charge in [0.25, 0.3) is 0 Å². The lowest BCUT2D eigenvalue weighted by Gasteiger charge is -2.29. The number of aliphatic hydroxyl groups excluding tert-OH is 1. The minimum absolute atomic E-state index is 0.245. The smallest absolute Gasteiger partial charge is 0.126 e. The van der Waals surface area contributed by atoms with Crippen molar-refractivity contribution in [1.82, 2.24) is 5.32 Å². The number of rotatable bonds is 6. The molecule has 1 aliphatic rings. The van der Waals surface area contributed by atoms with Gasteiger partial charge in [-0.15, -0.1) is 0 Å². The molecule has 0 saturated heterocycles. The molecule has 1 aliphatic heterocycles. The zero-order valence-electron chi connectivity index (χ0n) is 17.0. The van der Waals surface area contributed by atoms with E-state index in [2.05, 4.69) is 5.32 Å². The molecule has 158 valence electrons. The molecule has 5 heteroatoms. The molecule has 0 aliphatic carbocycles. The molecule has 0 aromatic heterocycles. The first kappa shape index (κ1) is 22.0. The lowest BCUT2D eigenvalue weighted by molar-refractivity contribution is 0.0243. The fourth-order valence-corrected chi connectivity index (χ4v) is 3.35. The normalized spacial score (nSPS) is 15.9. The Balaban J connectivity index is 0.000000269. The molecule has 0 unspecified atom stereocenters. The molecular formula is C25H29FN2O2. The topological polar surface area (TPSA) is 67.5 Å². The molecule has 3 aromatic carbocycles. The maximum Gasteiger partial charge on any atom is 0.126 e. The standard InChI is InChI=1S/C18H20FNO2.C7H9N/c19-15-7-9-17-14(10-15)6-8-18(22-17)16(21)12-20-11-13-4-2-1-3-5-13;8-6-7-4-2-1-3-5-7/h1-5,7,9-10,16,18,20-21H,6,8,11-12H2;1-5H,6,8H2/t16-,18-;/m1./s1. The van der Waals surface area contributed by atoms with Gasteiger partial charge in [0.1, 0.15) is 23.8 Å². The van der Waals surface area contributed by atoms with Crippen molar-refractivity contribution < 1.29 is 14.2 Å². The van der Waals surface area contributed by atoms with Crippen LogP contribution in [0.4, 0.5) is 4.39 Å². The van der Waals surface area contributed by atoms with Gasteiger partial charge in [0.2, 0.25) is 0 Å². The summed E-state index contributed by atoms with van der Waals surface area (Å²) in [5.41, 5.74) is 8.59. The van der Waals surface area contributed by atoms with E-state index in [1.807, 2.05) is 60.7 Å². The highest BCUT2D eigenvalue weighted by Crippen LogP contribution is 2.29. The fraction of sp³-hybridized carbons (Fsp3) is 0.280. The summed E-state index contributed by atoms with van der Waals surface area (Å²) in [7, 11) is 0. The van der Waals surface area contributed by atoms with Crippen LogP contribution in [0.15, 0.2) is 78.9 Å². The summed E-state index contributed by atoms with van der Waals surface area (Å²) < 4.78 is 19.0. The minimum atomic E-state index is -0.582. The number of hydrogen-bond acceptors (Lipinski definition) is 4. The number of aliphatic hydroxyl groups is 1. The summed E-state index contributed by atoms with van der Waals surface area (Å²) in [6.45, 7) is 1.82. The van der Waals surface area contributed by atoms with E-state index in [0.29, 0.717) is 31.8 Å². The van der Waals surface area contributed by atoms with Crippen molar-refractivity contribution in [2.45, 2.75) is 38.1 Å². The molecular weight excluding hydrogens is 379 g/mol. The number of hydrogen-bond donors (Lipinski definition) is 3. The van der Waals surface area contributed by atoms with E-state index in [1.165, 1.54) is 23.3 Å². The van der Waals surface area contributed by atoms with Crippen LogP contribution in [-0.4, -0.2) is 23.9 Å². The van der Waals surface area contributed by atoms with E-state index in [4.69, 9.17) is 10.5 Å². The average molecular weight is 409 g/mol. The monoisotopic (exact) mass is 408 g/mol. The molecule has 0 radical (unpaired) electrons. The molecule has 1 heterocycles. The quantitative estimate of drug-likeness (QED) is 0.580. The fourth-order valence-electron chi connectivity index (χ4n) is 3.35. The lowest BCUT2D eigenvalue weighted by atomic mass is 9.99. The van der Waals surface area contributed by atoms with Gasteiger partial charge in [-0.1, -0.05) is 60.7 Å². The molecule has 2 atom stereocenters. The zero-order chi connectivity index (χ0) is 21.2. The molecule has 0 fully saturated rings. The van der Waals surface area contributed by atoms with E-state index in [0.717, 1.165) is 12.0 Å². The Labute approximate surface area is 177 Å². The predicted octanol–water partition coefficient (Wildman–Crippen LogP) is 3.82. The summed E-state index contributed by atoms with van der Waals surface area (Å²) >= 11 is 0. The van der Waals surface area contributed by atoms with Crippen LogP contribution in [0.2, 0.25) is 0 Å². The molecule has 0 spiro atoms. The van der Waals surface area contributed by atoms with Gasteiger partial charge in [0.15, 0.2) is 0 Å². The van der Waals surface area contributed by atoms with Crippen molar-refractivity contribution in [1.29, 1.82) is 0 Å². The third-order valence-electron chi connectivity index (χ3n) is 5.03. The summed E-state index contributed by atoms with van der Waals surface area (Å²) in [5.74, 6) is 0.436. The van der Waals surface area contributed by atoms with Crippen LogP contribution in [0.1, 0.15) is 23.1 Å². The second-order valence-corrected chi connectivity index (χ2v) is 7.32. The van der Waals surface area contributed by atoms with Crippen LogP contribution in [0.5, 0.6) is 5.75 Å². The molecule has 0 amide bonds. The largest absolute Gasteiger partial charge is 0.487 e. The van der Waals surface area contributed by atoms with Crippen molar-refractivity contribution in [2.75, 3.05) is 6.54 Å². The van der Waals surface area contributed by atoms with Crippen molar-refractivity contribution >= 4 is 0 Å². The second-order valence-electron chi connectivity index (χ2n) is 7.32. The molecule has 4 nitrogen and oxygen atoms in total. The summed E-state index contributed by atoms with van der Waals surface area (Å²) in [5, 5.41) is 13.5. The van der Waals surface area contributed by atoms with Crippen LogP contribution in [0, 0.1) is 5.82 Å². The summed E-state index contributed by atoms with van der Waals surface area (Å²) in [6, 6.07) is 24.6. The number of halogens is 1. The van der Waals surface area contributed by atoms with E-state index in [1.54, 1.807) is 6.07 Å². The second kappa shape index (κ2) is 11.5. The highest BCUT2D eigenvalue weighted by atomic mass is 19.1. The molecule has 0 saturated carbocycles. The van der Waals surface area contributed by atoms with Crippen LogP contribution in [-0.2, 0) is 19.5 Å². The van der Waals surface area contributed by atoms with Crippen molar-refractivity contribution in [3.05, 3.63) is 101 Å². The highest BCUT2D eigenvalue weighted by Gasteiger charge is 2.26. The Hall–Kier alpha value is -2.73. The third kappa shape index (κ3) is 6.66. The minimum Gasteiger partial charge on any atom is -0.487 e. The first-order valence-corrected chi connectivity index (χ1v) is 10.3. The number of benzene rings is 3. The zero-order valence-corrected chi connectivity index (χ0v) is 17.0. The van der Waals surface area contributed by atoms with Crippen molar-refractivity contribution in [2.24, 2.45) is 5.73 Å². The van der Waals surface area contributed by atoms with Gasteiger partial charge >= 0.3 is 0 Å². The summed E-state index contributed by atoms with van der Waals surface area (Å²) in [6.07, 6.45) is 0.598. The SMILES string of the molecule is NCc1ccccc1.O[C@H](CNCc1ccccc1)[C@H]1CCc2cc(F)ccc2O1. The first-order valence-electron chi connectivity index (χ1n) is 10.3. The van der Waals surface area contributed by atoms with Crippen LogP contribution >= 0.6 is 0 Å². The number of aryl methyl sites for hydroxylation is 1. The van der Waals surface area contributed by atoms with E-state index >= 15 is 0 Å². The van der Waals surface area contributed by atoms with E-state index in [-0.39, 0.29) is 11.9 Å². The molecule has 4 N–H and O–H groups in total. The number of nitrogens with two attached hydrogens (primary N) is 1. The molecule has 30 heavy (non-hydrogen) atoms. The molecule has 4 rings (SSSR count). The Morgan fingerprint density at radius 1 is 1.00 bits per heavy atom. The number of ether oxygens (including phenoxy) is 1. The molecule has 0 bridgehead atoms. The predicted molar refractivity (Wildman–Crippen MR) is 118 cm³/mol. The lowest BCUT2D eigenvalue weighted by Crippen LogP contribution is -2.41. The number of fused-ring (bicyclic) bond motifs is 1. The van der Waals surface area contributed by atoms with Gasteiger partial charge in [-0.25, -0.2) is 4.39 Å². The Morgan fingerprint density at radius 3 is 2.30 bits per heavy atom. The van der Waals surface area contributed by atoms with Gasteiger partial charge in [-0.2, -0.15) is 0 Å². The highest BCUT2D eigenvalue weighted by molar-refractivity contribution is 5.36. The van der Waals surface area contributed by atoms with Gasteiger partial charge in [-0.05, 0) is 47.7 Å². The van der Waals surface area contributed by atoms with Gasteiger partial charge in [0.05, 0.1) is 0 Å². The van der Waals surface area contributed by atoms with Crippen LogP contribution in [0.3, 0.4) is 0 Å². The Morgan fingerprint density at radius 2 is 1.67 bits per heavy atom. The van der Waals surface area contributed by atoms with E-state index in [9.17, 15) is 9.50 Å². The summed E-state index contributed by atoms with van der Waals surface area (Å²) in [4.78, 5) is 0. The third-order valence-corrected chi connectivity index (χ3v) is 5.03. The first-order chi connectivity index (χ1) is 14.7. The molecule has 3 aromatic rings. The van der Waals surface area contributed by atoms with E-state index < -0.39 is 6.10 Å². The van der Waals surface area contributed by atoms with Gasteiger partial charge < -0.3 is 20.9 Å². The van der Waals surface area contributed by atoms with Gasteiger partial charge in [0, 0.05) is 19.6 Å². The van der Waals surface area contributed by atoms with Gasteiger partial charge in [-0.3, -0.25) is 0 Å². The average Bonchev–Trinajstić information content (AvgIpc) is 2.80. The maximum atomic E-state index is 13.2. The maximum absolute atomic E-state index is 13.2.